The third-order valence-corrected chi connectivity index (χ3v) is 5.15. The fourth-order valence-corrected chi connectivity index (χ4v) is 3.50. The van der Waals surface area contributed by atoms with Crippen molar-refractivity contribution in [2.75, 3.05) is 7.11 Å². The molecule has 1 saturated carbocycles. The molecule has 3 rings (SSSR count). The van der Waals surface area contributed by atoms with E-state index < -0.39 is 0 Å². The quantitative estimate of drug-likeness (QED) is 0.656. The number of hydrogen-bond acceptors (Lipinski definition) is 4. The molecule has 0 spiro atoms. The number of ether oxygens (including phenoxy) is 3. The zero-order chi connectivity index (χ0) is 20.6. The van der Waals surface area contributed by atoms with Crippen molar-refractivity contribution < 1.29 is 19.0 Å². The van der Waals surface area contributed by atoms with E-state index in [4.69, 9.17) is 14.2 Å². The van der Waals surface area contributed by atoms with Gasteiger partial charge in [0.05, 0.1) is 25.9 Å². The second-order valence-corrected chi connectivity index (χ2v) is 7.70. The molecule has 0 atom stereocenters. The minimum absolute atomic E-state index is 0.143. The third kappa shape index (κ3) is 5.97. The standard InChI is InChI=1S/C24H31NO4/c1-17(2)28-16-20-9-5-4-8-19(20)15-25-24(26)18-12-13-22(23(14-18)27-3)29-21-10-6-7-11-21/h4-5,8-9,12-14,17,21H,6-7,10-11,15-16H2,1-3H3,(H,25,26). The van der Waals surface area contributed by atoms with Crippen LogP contribution in [0.25, 0.3) is 0 Å². The van der Waals surface area contributed by atoms with Crippen LogP contribution in [0.4, 0.5) is 0 Å². The van der Waals surface area contributed by atoms with E-state index in [1.165, 1.54) is 12.8 Å². The van der Waals surface area contributed by atoms with Crippen molar-refractivity contribution in [3.8, 4) is 11.5 Å². The summed E-state index contributed by atoms with van der Waals surface area (Å²) in [5, 5.41) is 3.00. The first-order valence-corrected chi connectivity index (χ1v) is 10.4. The van der Waals surface area contributed by atoms with E-state index in [0.717, 1.165) is 24.0 Å². The summed E-state index contributed by atoms with van der Waals surface area (Å²) in [5.41, 5.74) is 2.69. The molecule has 0 aliphatic heterocycles. The number of carbonyl (C=O) groups is 1. The van der Waals surface area contributed by atoms with E-state index in [9.17, 15) is 4.79 Å². The molecule has 1 amide bonds. The number of amides is 1. The maximum Gasteiger partial charge on any atom is 0.251 e. The Morgan fingerprint density at radius 2 is 1.79 bits per heavy atom. The number of rotatable bonds is 9. The number of nitrogens with one attached hydrogen (secondary N) is 1. The zero-order valence-corrected chi connectivity index (χ0v) is 17.6. The van der Waals surface area contributed by atoms with Crippen molar-refractivity contribution in [1.82, 2.24) is 5.32 Å². The first-order chi connectivity index (χ1) is 14.1. The van der Waals surface area contributed by atoms with Crippen LogP contribution in [0.2, 0.25) is 0 Å². The molecule has 1 fully saturated rings. The van der Waals surface area contributed by atoms with Crippen LogP contribution in [0.1, 0.15) is 61.0 Å². The van der Waals surface area contributed by atoms with Gasteiger partial charge < -0.3 is 19.5 Å². The molecule has 29 heavy (non-hydrogen) atoms. The SMILES string of the molecule is COc1cc(C(=O)NCc2ccccc2COC(C)C)ccc1OC1CCCC1. The van der Waals surface area contributed by atoms with Gasteiger partial charge in [0.2, 0.25) is 0 Å². The maximum absolute atomic E-state index is 12.7. The molecule has 0 unspecified atom stereocenters. The van der Waals surface area contributed by atoms with Gasteiger partial charge in [-0.25, -0.2) is 0 Å². The molecule has 5 heteroatoms. The van der Waals surface area contributed by atoms with Gasteiger partial charge in [0.25, 0.3) is 5.91 Å². The van der Waals surface area contributed by atoms with Gasteiger partial charge in [-0.2, -0.15) is 0 Å². The predicted octanol–water partition coefficient (Wildman–Crippen LogP) is 4.87. The highest BCUT2D eigenvalue weighted by Gasteiger charge is 2.19. The van der Waals surface area contributed by atoms with Crippen molar-refractivity contribution in [3.05, 3.63) is 59.2 Å². The molecule has 0 bridgehead atoms. The van der Waals surface area contributed by atoms with E-state index >= 15 is 0 Å². The Kier molecular flexibility index (Phi) is 7.53. The van der Waals surface area contributed by atoms with E-state index in [0.29, 0.717) is 30.2 Å². The highest BCUT2D eigenvalue weighted by Crippen LogP contribution is 2.32. The summed E-state index contributed by atoms with van der Waals surface area (Å²) < 4.78 is 17.2. The van der Waals surface area contributed by atoms with Gasteiger partial charge in [0.1, 0.15) is 0 Å². The van der Waals surface area contributed by atoms with E-state index in [1.54, 1.807) is 19.2 Å². The van der Waals surface area contributed by atoms with Crippen LogP contribution in [0, 0.1) is 0 Å². The summed E-state index contributed by atoms with van der Waals surface area (Å²) in [6.07, 6.45) is 4.97. The van der Waals surface area contributed by atoms with Crippen LogP contribution in [-0.4, -0.2) is 25.2 Å². The molecule has 0 heterocycles. The maximum atomic E-state index is 12.7. The number of carbonyl (C=O) groups excluding carboxylic acids is 1. The highest BCUT2D eigenvalue weighted by atomic mass is 16.5. The van der Waals surface area contributed by atoms with Crippen molar-refractivity contribution in [2.45, 2.75) is 64.9 Å². The fraction of sp³-hybridized carbons (Fsp3) is 0.458. The fourth-order valence-electron chi connectivity index (χ4n) is 3.50. The van der Waals surface area contributed by atoms with Gasteiger partial charge in [-0.15, -0.1) is 0 Å². The van der Waals surface area contributed by atoms with Crippen molar-refractivity contribution in [2.24, 2.45) is 0 Å². The molecule has 2 aromatic rings. The lowest BCUT2D eigenvalue weighted by Gasteiger charge is -2.17. The average Bonchev–Trinajstić information content (AvgIpc) is 3.24. The van der Waals surface area contributed by atoms with Gasteiger partial charge >= 0.3 is 0 Å². The van der Waals surface area contributed by atoms with Crippen molar-refractivity contribution in [1.29, 1.82) is 0 Å². The first-order valence-electron chi connectivity index (χ1n) is 10.4. The molecular formula is C24H31NO4. The predicted molar refractivity (Wildman–Crippen MR) is 113 cm³/mol. The topological polar surface area (TPSA) is 56.8 Å². The van der Waals surface area contributed by atoms with E-state index in [2.05, 4.69) is 5.32 Å². The van der Waals surface area contributed by atoms with Crippen LogP contribution >= 0.6 is 0 Å². The Labute approximate surface area is 173 Å². The van der Waals surface area contributed by atoms with Gasteiger partial charge in [-0.1, -0.05) is 24.3 Å². The average molecular weight is 398 g/mol. The Morgan fingerprint density at radius 3 is 2.48 bits per heavy atom. The van der Waals surface area contributed by atoms with Gasteiger partial charge in [0.15, 0.2) is 11.5 Å². The van der Waals surface area contributed by atoms with Gasteiger partial charge in [0, 0.05) is 12.1 Å². The Balaban J connectivity index is 1.63. The molecular weight excluding hydrogens is 366 g/mol. The lowest BCUT2D eigenvalue weighted by Crippen LogP contribution is -2.23. The molecule has 0 saturated heterocycles. The van der Waals surface area contributed by atoms with Crippen molar-refractivity contribution in [3.63, 3.8) is 0 Å². The van der Waals surface area contributed by atoms with Gasteiger partial charge in [-0.05, 0) is 68.9 Å². The summed E-state index contributed by atoms with van der Waals surface area (Å²) in [5.74, 6) is 1.15. The molecule has 1 aliphatic rings. The first kappa shape index (κ1) is 21.2. The molecule has 156 valence electrons. The number of hydrogen-bond donors (Lipinski definition) is 1. The second-order valence-electron chi connectivity index (χ2n) is 7.70. The molecule has 1 aliphatic carbocycles. The smallest absolute Gasteiger partial charge is 0.251 e. The highest BCUT2D eigenvalue weighted by molar-refractivity contribution is 5.94. The number of benzene rings is 2. The summed E-state index contributed by atoms with van der Waals surface area (Å²) in [4.78, 5) is 12.7. The zero-order valence-electron chi connectivity index (χ0n) is 17.6. The second kappa shape index (κ2) is 10.3. The van der Waals surface area contributed by atoms with Crippen molar-refractivity contribution >= 4 is 5.91 Å². The summed E-state index contributed by atoms with van der Waals surface area (Å²) in [6, 6.07) is 13.4. The molecule has 5 nitrogen and oxygen atoms in total. The lowest BCUT2D eigenvalue weighted by atomic mass is 10.1. The number of methoxy groups -OCH3 is 1. The third-order valence-electron chi connectivity index (χ3n) is 5.15. The minimum atomic E-state index is -0.143. The molecule has 0 aromatic heterocycles. The Bertz CT molecular complexity index is 812. The lowest BCUT2D eigenvalue weighted by molar-refractivity contribution is 0.0651. The Morgan fingerprint density at radius 1 is 1.07 bits per heavy atom. The summed E-state index contributed by atoms with van der Waals surface area (Å²) in [7, 11) is 1.60. The Hall–Kier alpha value is -2.53. The summed E-state index contributed by atoms with van der Waals surface area (Å²) in [6.45, 7) is 5.00. The van der Waals surface area contributed by atoms with Crippen LogP contribution < -0.4 is 14.8 Å². The monoisotopic (exact) mass is 397 g/mol. The normalized spacial score (nSPS) is 14.2. The molecule has 2 aromatic carbocycles. The van der Waals surface area contributed by atoms with Crippen LogP contribution in [0.3, 0.4) is 0 Å². The van der Waals surface area contributed by atoms with Crippen LogP contribution in [0.5, 0.6) is 11.5 Å². The van der Waals surface area contributed by atoms with E-state index in [-0.39, 0.29) is 18.1 Å². The molecule has 1 N–H and O–H groups in total. The largest absolute Gasteiger partial charge is 0.493 e. The van der Waals surface area contributed by atoms with Crippen LogP contribution in [0.15, 0.2) is 42.5 Å². The van der Waals surface area contributed by atoms with Gasteiger partial charge in [-0.3, -0.25) is 4.79 Å². The molecule has 0 radical (unpaired) electrons. The van der Waals surface area contributed by atoms with Crippen LogP contribution in [-0.2, 0) is 17.9 Å². The summed E-state index contributed by atoms with van der Waals surface area (Å²) >= 11 is 0. The van der Waals surface area contributed by atoms with E-state index in [1.807, 2.05) is 44.2 Å². The minimum Gasteiger partial charge on any atom is -0.493 e.